The third kappa shape index (κ3) is 2.99. The van der Waals surface area contributed by atoms with Gasteiger partial charge in [0.25, 0.3) is 0 Å². The standard InChI is InChI=1S/C16H24N2O3/c1-10-11(6-15(21-10)16(19)20)9-17-12-7-13-4-3-5-14(8-12)18(13)2/h6,12-14,17H,3-5,7-9H2,1-2H3,(H,19,20). The van der Waals surface area contributed by atoms with Gasteiger partial charge in [0.2, 0.25) is 5.76 Å². The van der Waals surface area contributed by atoms with Gasteiger partial charge in [-0.1, -0.05) is 6.42 Å². The number of carboxylic acid groups (broad SMARTS) is 1. The number of aromatic carboxylic acids is 1. The number of carboxylic acids is 1. The Kier molecular flexibility index (Phi) is 4.04. The third-order valence-electron chi connectivity index (χ3n) is 5.15. The lowest BCUT2D eigenvalue weighted by molar-refractivity contribution is 0.0482. The topological polar surface area (TPSA) is 65.7 Å². The fourth-order valence-electron chi connectivity index (χ4n) is 3.84. The summed E-state index contributed by atoms with van der Waals surface area (Å²) in [5, 5.41) is 12.6. The molecular weight excluding hydrogens is 268 g/mol. The Morgan fingerprint density at radius 1 is 1.43 bits per heavy atom. The lowest BCUT2D eigenvalue weighted by atomic mass is 9.82. The molecular formula is C16H24N2O3. The maximum atomic E-state index is 10.9. The van der Waals surface area contributed by atoms with E-state index < -0.39 is 5.97 Å². The molecule has 2 fully saturated rings. The fraction of sp³-hybridized carbons (Fsp3) is 0.688. The molecule has 3 rings (SSSR count). The van der Waals surface area contributed by atoms with Gasteiger partial charge >= 0.3 is 5.97 Å². The number of hydrogen-bond acceptors (Lipinski definition) is 4. The lowest BCUT2D eigenvalue weighted by Crippen LogP contribution is -2.54. The molecule has 0 saturated carbocycles. The number of hydrogen-bond donors (Lipinski definition) is 2. The minimum Gasteiger partial charge on any atom is -0.475 e. The smallest absolute Gasteiger partial charge is 0.371 e. The van der Waals surface area contributed by atoms with Crippen molar-refractivity contribution in [1.29, 1.82) is 0 Å². The Morgan fingerprint density at radius 2 is 2.10 bits per heavy atom. The van der Waals surface area contributed by atoms with Crippen LogP contribution < -0.4 is 5.32 Å². The van der Waals surface area contributed by atoms with Crippen molar-refractivity contribution in [3.8, 4) is 0 Å². The van der Waals surface area contributed by atoms with Crippen molar-refractivity contribution >= 4 is 5.97 Å². The molecule has 2 unspecified atom stereocenters. The van der Waals surface area contributed by atoms with Crippen molar-refractivity contribution in [2.24, 2.45) is 0 Å². The first-order valence-electron chi connectivity index (χ1n) is 7.82. The van der Waals surface area contributed by atoms with Crippen LogP contribution in [-0.4, -0.2) is 41.1 Å². The van der Waals surface area contributed by atoms with Crippen molar-refractivity contribution in [3.05, 3.63) is 23.2 Å². The summed E-state index contributed by atoms with van der Waals surface area (Å²) in [6, 6.07) is 3.57. The van der Waals surface area contributed by atoms with E-state index in [1.165, 1.54) is 32.1 Å². The van der Waals surface area contributed by atoms with Crippen LogP contribution in [0.1, 0.15) is 54.0 Å². The normalized spacial score (nSPS) is 29.5. The molecule has 2 saturated heterocycles. The van der Waals surface area contributed by atoms with Crippen LogP contribution in [0.2, 0.25) is 0 Å². The zero-order valence-corrected chi connectivity index (χ0v) is 12.8. The molecule has 1 aromatic heterocycles. The zero-order chi connectivity index (χ0) is 15.0. The van der Waals surface area contributed by atoms with E-state index in [0.29, 0.717) is 30.4 Å². The Morgan fingerprint density at radius 3 is 2.67 bits per heavy atom. The fourth-order valence-corrected chi connectivity index (χ4v) is 3.84. The van der Waals surface area contributed by atoms with Gasteiger partial charge in [-0.25, -0.2) is 4.79 Å². The Bertz CT molecular complexity index is 512. The van der Waals surface area contributed by atoms with Crippen LogP contribution in [0, 0.1) is 6.92 Å². The van der Waals surface area contributed by atoms with Crippen LogP contribution in [0.3, 0.4) is 0 Å². The van der Waals surface area contributed by atoms with Gasteiger partial charge in [-0.05, 0) is 45.7 Å². The predicted molar refractivity (Wildman–Crippen MR) is 79.5 cm³/mol. The van der Waals surface area contributed by atoms with Crippen molar-refractivity contribution in [2.75, 3.05) is 7.05 Å². The highest BCUT2D eigenvalue weighted by molar-refractivity contribution is 5.84. The van der Waals surface area contributed by atoms with Gasteiger partial charge in [0, 0.05) is 30.2 Å². The maximum absolute atomic E-state index is 10.9. The summed E-state index contributed by atoms with van der Waals surface area (Å²) >= 11 is 0. The summed E-state index contributed by atoms with van der Waals surface area (Å²) in [6.07, 6.45) is 6.35. The van der Waals surface area contributed by atoms with E-state index in [2.05, 4.69) is 17.3 Å². The number of nitrogens with zero attached hydrogens (tertiary/aromatic N) is 1. The zero-order valence-electron chi connectivity index (χ0n) is 12.8. The van der Waals surface area contributed by atoms with E-state index in [1.54, 1.807) is 6.07 Å². The number of furan rings is 1. The van der Waals surface area contributed by atoms with Crippen molar-refractivity contribution in [1.82, 2.24) is 10.2 Å². The number of rotatable bonds is 4. The molecule has 116 valence electrons. The van der Waals surface area contributed by atoms with Crippen LogP contribution in [-0.2, 0) is 6.54 Å². The van der Waals surface area contributed by atoms with Crippen LogP contribution >= 0.6 is 0 Å². The second kappa shape index (κ2) is 5.81. The largest absolute Gasteiger partial charge is 0.475 e. The van der Waals surface area contributed by atoms with E-state index in [4.69, 9.17) is 9.52 Å². The van der Waals surface area contributed by atoms with Gasteiger partial charge in [-0.2, -0.15) is 0 Å². The summed E-state index contributed by atoms with van der Waals surface area (Å²) < 4.78 is 5.26. The van der Waals surface area contributed by atoms with Gasteiger partial charge in [0.15, 0.2) is 0 Å². The first-order valence-corrected chi connectivity index (χ1v) is 7.82. The molecule has 5 nitrogen and oxygen atoms in total. The Hall–Kier alpha value is -1.33. The maximum Gasteiger partial charge on any atom is 0.371 e. The highest BCUT2D eigenvalue weighted by Gasteiger charge is 2.35. The van der Waals surface area contributed by atoms with Gasteiger partial charge in [-0.15, -0.1) is 0 Å². The number of aryl methyl sites for hydroxylation is 1. The molecule has 2 atom stereocenters. The highest BCUT2D eigenvalue weighted by Crippen LogP contribution is 2.32. The van der Waals surface area contributed by atoms with Gasteiger partial charge in [0.1, 0.15) is 5.76 Å². The summed E-state index contributed by atoms with van der Waals surface area (Å²) in [5.41, 5.74) is 0.955. The molecule has 0 spiro atoms. The van der Waals surface area contributed by atoms with Crippen molar-refractivity contribution < 1.29 is 14.3 Å². The van der Waals surface area contributed by atoms with Crippen LogP contribution in [0.25, 0.3) is 0 Å². The second-order valence-electron chi connectivity index (χ2n) is 6.45. The molecule has 2 bridgehead atoms. The summed E-state index contributed by atoms with van der Waals surface area (Å²) in [4.78, 5) is 13.5. The van der Waals surface area contributed by atoms with Crippen LogP contribution in [0.5, 0.6) is 0 Å². The Balaban J connectivity index is 1.59. The average molecular weight is 292 g/mol. The molecule has 1 aromatic rings. The summed E-state index contributed by atoms with van der Waals surface area (Å²) in [7, 11) is 2.25. The minimum absolute atomic E-state index is 0.0320. The van der Waals surface area contributed by atoms with Crippen LogP contribution in [0.15, 0.2) is 10.5 Å². The van der Waals surface area contributed by atoms with E-state index in [1.807, 2.05) is 6.92 Å². The number of nitrogens with one attached hydrogen (secondary N) is 1. The quantitative estimate of drug-likeness (QED) is 0.892. The third-order valence-corrected chi connectivity index (χ3v) is 5.15. The molecule has 0 radical (unpaired) electrons. The van der Waals surface area contributed by atoms with Gasteiger partial charge < -0.3 is 19.7 Å². The van der Waals surface area contributed by atoms with E-state index in [0.717, 1.165) is 5.56 Å². The van der Waals surface area contributed by atoms with Gasteiger partial charge in [0.05, 0.1) is 0 Å². The average Bonchev–Trinajstić information content (AvgIpc) is 2.78. The van der Waals surface area contributed by atoms with E-state index in [-0.39, 0.29) is 5.76 Å². The molecule has 0 amide bonds. The van der Waals surface area contributed by atoms with Crippen molar-refractivity contribution in [2.45, 2.75) is 63.7 Å². The molecule has 5 heteroatoms. The summed E-state index contributed by atoms with van der Waals surface area (Å²) in [6.45, 7) is 2.52. The lowest BCUT2D eigenvalue weighted by Gasteiger charge is -2.47. The van der Waals surface area contributed by atoms with Gasteiger partial charge in [-0.3, -0.25) is 0 Å². The number of carbonyl (C=O) groups is 1. The minimum atomic E-state index is -1.00. The molecule has 2 aliphatic heterocycles. The Labute approximate surface area is 125 Å². The molecule has 0 aromatic carbocycles. The molecule has 21 heavy (non-hydrogen) atoms. The molecule has 2 aliphatic rings. The van der Waals surface area contributed by atoms with E-state index >= 15 is 0 Å². The first-order chi connectivity index (χ1) is 10.0. The number of piperidine rings is 2. The second-order valence-corrected chi connectivity index (χ2v) is 6.45. The molecule has 0 aliphatic carbocycles. The molecule has 2 N–H and O–H groups in total. The van der Waals surface area contributed by atoms with Crippen molar-refractivity contribution in [3.63, 3.8) is 0 Å². The molecule has 3 heterocycles. The monoisotopic (exact) mass is 292 g/mol. The highest BCUT2D eigenvalue weighted by atomic mass is 16.4. The van der Waals surface area contributed by atoms with Crippen LogP contribution in [0.4, 0.5) is 0 Å². The SMILES string of the molecule is Cc1oc(C(=O)O)cc1CNC1CC2CCCC(C1)N2C. The number of fused-ring (bicyclic) bond motifs is 2. The first kappa shape index (κ1) is 14.6. The summed E-state index contributed by atoms with van der Waals surface area (Å²) in [5.74, 6) is -0.268. The van der Waals surface area contributed by atoms with E-state index in [9.17, 15) is 4.79 Å². The predicted octanol–water partition coefficient (Wildman–Crippen LogP) is 2.39.